The molecule has 0 aliphatic rings. The van der Waals surface area contributed by atoms with Gasteiger partial charge in [-0.3, -0.25) is 0 Å². The predicted molar refractivity (Wildman–Crippen MR) is 74.4 cm³/mol. The number of anilines is 1. The summed E-state index contributed by atoms with van der Waals surface area (Å²) in [4.78, 5) is 2.01. The van der Waals surface area contributed by atoms with Crippen molar-refractivity contribution >= 4 is 5.69 Å². The second kappa shape index (κ2) is 6.74. The molecule has 1 aromatic carbocycles. The molecular formula is C15H24FNO. The van der Waals surface area contributed by atoms with Gasteiger partial charge in [-0.15, -0.1) is 0 Å². The predicted octanol–water partition coefficient (Wildman–Crippen LogP) is 3.45. The Morgan fingerprint density at radius 1 is 1.17 bits per heavy atom. The molecule has 1 aromatic rings. The van der Waals surface area contributed by atoms with Crippen LogP contribution in [0.25, 0.3) is 0 Å². The number of para-hydroxylation sites is 1. The summed E-state index contributed by atoms with van der Waals surface area (Å²) in [5, 5.41) is 9.62. The summed E-state index contributed by atoms with van der Waals surface area (Å²) in [6, 6.07) is 6.83. The van der Waals surface area contributed by atoms with Crippen LogP contribution in [-0.2, 0) is 0 Å². The topological polar surface area (TPSA) is 23.5 Å². The number of benzene rings is 1. The van der Waals surface area contributed by atoms with Gasteiger partial charge in [0.25, 0.3) is 0 Å². The highest BCUT2D eigenvalue weighted by molar-refractivity contribution is 5.47. The minimum atomic E-state index is -0.196. The van der Waals surface area contributed by atoms with Gasteiger partial charge in [0, 0.05) is 18.5 Å². The first-order valence-corrected chi connectivity index (χ1v) is 6.72. The average Bonchev–Trinajstić information content (AvgIpc) is 2.42. The maximum Gasteiger partial charge on any atom is 0.146 e. The van der Waals surface area contributed by atoms with Gasteiger partial charge >= 0.3 is 0 Å². The van der Waals surface area contributed by atoms with Crippen molar-refractivity contribution < 1.29 is 9.50 Å². The Morgan fingerprint density at radius 2 is 1.78 bits per heavy atom. The summed E-state index contributed by atoms with van der Waals surface area (Å²) < 4.78 is 13.8. The van der Waals surface area contributed by atoms with Gasteiger partial charge in [0.1, 0.15) is 5.82 Å². The van der Waals surface area contributed by atoms with Crippen molar-refractivity contribution in [3.63, 3.8) is 0 Å². The van der Waals surface area contributed by atoms with Crippen molar-refractivity contribution in [1.82, 2.24) is 0 Å². The number of nitrogens with zero attached hydrogens (tertiary/aromatic N) is 1. The monoisotopic (exact) mass is 253 g/mol. The van der Waals surface area contributed by atoms with Gasteiger partial charge in [-0.1, -0.05) is 26.0 Å². The zero-order chi connectivity index (χ0) is 13.6. The normalized spacial score (nSPS) is 11.6. The van der Waals surface area contributed by atoms with E-state index in [9.17, 15) is 9.50 Å². The third-order valence-electron chi connectivity index (χ3n) is 3.94. The molecule has 0 radical (unpaired) electrons. The van der Waals surface area contributed by atoms with Crippen LogP contribution in [0.15, 0.2) is 24.3 Å². The molecule has 1 rings (SSSR count). The van der Waals surface area contributed by atoms with Crippen LogP contribution in [-0.4, -0.2) is 24.8 Å². The second-order valence-corrected chi connectivity index (χ2v) is 4.83. The Labute approximate surface area is 109 Å². The SMILES string of the molecule is CCN(CC(CC)(CC)CO)c1ccccc1F. The molecule has 0 aliphatic heterocycles. The van der Waals surface area contributed by atoms with Crippen LogP contribution < -0.4 is 4.90 Å². The molecule has 0 heterocycles. The summed E-state index contributed by atoms with van der Waals surface area (Å²) >= 11 is 0. The van der Waals surface area contributed by atoms with E-state index in [0.717, 1.165) is 19.4 Å². The van der Waals surface area contributed by atoms with E-state index in [2.05, 4.69) is 13.8 Å². The van der Waals surface area contributed by atoms with Crippen LogP contribution in [0.5, 0.6) is 0 Å². The van der Waals surface area contributed by atoms with Crippen LogP contribution in [0.3, 0.4) is 0 Å². The van der Waals surface area contributed by atoms with Crippen molar-refractivity contribution in [2.45, 2.75) is 33.6 Å². The molecular weight excluding hydrogens is 229 g/mol. The molecule has 18 heavy (non-hydrogen) atoms. The van der Waals surface area contributed by atoms with Gasteiger partial charge in [0.05, 0.1) is 12.3 Å². The van der Waals surface area contributed by atoms with Crippen LogP contribution in [0, 0.1) is 11.2 Å². The molecule has 0 atom stereocenters. The Balaban J connectivity index is 2.94. The van der Waals surface area contributed by atoms with Crippen LogP contribution in [0.2, 0.25) is 0 Å². The van der Waals surface area contributed by atoms with Crippen molar-refractivity contribution in [2.24, 2.45) is 5.41 Å². The maximum atomic E-state index is 13.8. The average molecular weight is 253 g/mol. The van der Waals surface area contributed by atoms with E-state index in [1.807, 2.05) is 17.9 Å². The van der Waals surface area contributed by atoms with Crippen molar-refractivity contribution in [1.29, 1.82) is 0 Å². The van der Waals surface area contributed by atoms with E-state index >= 15 is 0 Å². The molecule has 0 aromatic heterocycles. The van der Waals surface area contributed by atoms with Crippen LogP contribution >= 0.6 is 0 Å². The lowest BCUT2D eigenvalue weighted by Crippen LogP contribution is -2.40. The molecule has 2 nitrogen and oxygen atoms in total. The van der Waals surface area contributed by atoms with E-state index in [1.165, 1.54) is 6.07 Å². The molecule has 0 spiro atoms. The Bertz CT molecular complexity index is 355. The summed E-state index contributed by atoms with van der Waals surface area (Å²) in [5.74, 6) is -0.196. The molecule has 0 bridgehead atoms. The number of aliphatic hydroxyl groups excluding tert-OH is 1. The Hall–Kier alpha value is -1.09. The smallest absolute Gasteiger partial charge is 0.146 e. The highest BCUT2D eigenvalue weighted by atomic mass is 19.1. The highest BCUT2D eigenvalue weighted by Crippen LogP contribution is 2.30. The first-order chi connectivity index (χ1) is 8.62. The lowest BCUT2D eigenvalue weighted by atomic mass is 9.82. The highest BCUT2D eigenvalue weighted by Gasteiger charge is 2.28. The van der Waals surface area contributed by atoms with Crippen molar-refractivity contribution in [3.8, 4) is 0 Å². The lowest BCUT2D eigenvalue weighted by Gasteiger charge is -2.36. The number of hydrogen-bond donors (Lipinski definition) is 1. The van der Waals surface area contributed by atoms with Crippen LogP contribution in [0.1, 0.15) is 33.6 Å². The van der Waals surface area contributed by atoms with E-state index in [4.69, 9.17) is 0 Å². The van der Waals surface area contributed by atoms with Gasteiger partial charge in [0.2, 0.25) is 0 Å². The maximum absolute atomic E-state index is 13.8. The van der Waals surface area contributed by atoms with E-state index in [-0.39, 0.29) is 17.8 Å². The fourth-order valence-electron chi connectivity index (χ4n) is 2.23. The first kappa shape index (κ1) is 15.0. The molecule has 0 saturated heterocycles. The zero-order valence-corrected chi connectivity index (χ0v) is 11.6. The first-order valence-electron chi connectivity index (χ1n) is 6.72. The number of halogens is 1. The molecule has 0 unspecified atom stereocenters. The van der Waals surface area contributed by atoms with Crippen molar-refractivity contribution in [2.75, 3.05) is 24.6 Å². The third-order valence-corrected chi connectivity index (χ3v) is 3.94. The van der Waals surface area contributed by atoms with Crippen LogP contribution in [0.4, 0.5) is 10.1 Å². The zero-order valence-electron chi connectivity index (χ0n) is 11.6. The largest absolute Gasteiger partial charge is 0.396 e. The molecule has 3 heteroatoms. The summed E-state index contributed by atoms with van der Waals surface area (Å²) in [5.41, 5.74) is 0.484. The molecule has 0 fully saturated rings. The quantitative estimate of drug-likeness (QED) is 0.804. The number of hydrogen-bond acceptors (Lipinski definition) is 2. The Kier molecular flexibility index (Phi) is 5.60. The number of aliphatic hydroxyl groups is 1. The molecule has 1 N–H and O–H groups in total. The fourth-order valence-corrected chi connectivity index (χ4v) is 2.23. The van der Waals surface area contributed by atoms with E-state index in [1.54, 1.807) is 12.1 Å². The minimum absolute atomic E-state index is 0.141. The van der Waals surface area contributed by atoms with E-state index in [0.29, 0.717) is 12.2 Å². The molecule has 0 aliphatic carbocycles. The summed E-state index contributed by atoms with van der Waals surface area (Å²) in [7, 11) is 0. The molecule has 102 valence electrons. The minimum Gasteiger partial charge on any atom is -0.396 e. The van der Waals surface area contributed by atoms with Gasteiger partial charge in [-0.2, -0.15) is 0 Å². The van der Waals surface area contributed by atoms with Gasteiger partial charge in [0.15, 0.2) is 0 Å². The lowest BCUT2D eigenvalue weighted by molar-refractivity contribution is 0.120. The summed E-state index contributed by atoms with van der Waals surface area (Å²) in [6.07, 6.45) is 1.79. The molecule has 0 amide bonds. The fraction of sp³-hybridized carbons (Fsp3) is 0.600. The second-order valence-electron chi connectivity index (χ2n) is 4.83. The van der Waals surface area contributed by atoms with Gasteiger partial charge < -0.3 is 10.0 Å². The molecule has 0 saturated carbocycles. The van der Waals surface area contributed by atoms with E-state index < -0.39 is 0 Å². The Morgan fingerprint density at radius 3 is 2.22 bits per heavy atom. The third kappa shape index (κ3) is 3.22. The standard InChI is InChI=1S/C15H24FNO/c1-4-15(5-2,12-18)11-17(6-3)14-10-8-7-9-13(14)16/h7-10,18H,4-6,11-12H2,1-3H3. The number of rotatable bonds is 7. The van der Waals surface area contributed by atoms with Crippen molar-refractivity contribution in [3.05, 3.63) is 30.1 Å². The van der Waals surface area contributed by atoms with Gasteiger partial charge in [-0.05, 0) is 31.9 Å². The van der Waals surface area contributed by atoms with Gasteiger partial charge in [-0.25, -0.2) is 4.39 Å². The summed E-state index contributed by atoms with van der Waals surface area (Å²) in [6.45, 7) is 7.74.